The number of methoxy groups -OCH3 is 1. The second kappa shape index (κ2) is 6.65. The molecule has 1 atom stereocenters. The van der Waals surface area contributed by atoms with Crippen LogP contribution in [-0.4, -0.2) is 37.6 Å². The molecule has 0 radical (unpaired) electrons. The van der Waals surface area contributed by atoms with Crippen LogP contribution in [0, 0.1) is 0 Å². The first-order valence-electron chi connectivity index (χ1n) is 9.05. The number of para-hydroxylation sites is 1. The molecule has 0 fully saturated rings. The number of amides is 1. The normalized spacial score (nSPS) is 21.3. The van der Waals surface area contributed by atoms with Crippen LogP contribution in [0.4, 0.5) is 5.69 Å². The highest BCUT2D eigenvalue weighted by Crippen LogP contribution is 2.54. The third kappa shape index (κ3) is 2.86. The maximum absolute atomic E-state index is 13.7. The molecule has 1 aromatic rings. The van der Waals surface area contributed by atoms with Gasteiger partial charge in [0.1, 0.15) is 27.9 Å². The molecule has 2 aliphatic heterocycles. The van der Waals surface area contributed by atoms with Gasteiger partial charge in [0, 0.05) is 18.3 Å². The molecule has 8 nitrogen and oxygen atoms in total. The zero-order valence-corrected chi connectivity index (χ0v) is 17.3. The minimum absolute atomic E-state index is 0.0860. The van der Waals surface area contributed by atoms with Crippen molar-refractivity contribution in [2.24, 2.45) is 5.73 Å². The standard InChI is InChI=1S/C21H24N2O6/c1-11-14(18(25)29-20(2,3)4)21(15(16(22)28-11)17(24)27-6)12-9-7-8-10-13(12)23(5)19(21)26/h7-10H,22H2,1-6H3. The molecule has 1 unspecified atom stereocenters. The number of hydrogen-bond acceptors (Lipinski definition) is 7. The fraction of sp³-hybridized carbons (Fsp3) is 0.381. The van der Waals surface area contributed by atoms with E-state index < -0.39 is 28.9 Å². The lowest BCUT2D eigenvalue weighted by Crippen LogP contribution is -2.50. The second-order valence-corrected chi connectivity index (χ2v) is 7.90. The first-order valence-corrected chi connectivity index (χ1v) is 9.05. The molecular formula is C21H24N2O6. The molecule has 0 aromatic heterocycles. The second-order valence-electron chi connectivity index (χ2n) is 7.90. The van der Waals surface area contributed by atoms with Crippen LogP contribution in [-0.2, 0) is 34.0 Å². The third-order valence-corrected chi connectivity index (χ3v) is 4.90. The summed E-state index contributed by atoms with van der Waals surface area (Å²) < 4.78 is 16.0. The van der Waals surface area contributed by atoms with E-state index in [-0.39, 0.29) is 22.8 Å². The van der Waals surface area contributed by atoms with Crippen molar-refractivity contribution in [2.75, 3.05) is 19.1 Å². The third-order valence-electron chi connectivity index (χ3n) is 4.90. The number of hydrogen-bond donors (Lipinski definition) is 1. The quantitative estimate of drug-likeness (QED) is 0.755. The Bertz CT molecular complexity index is 985. The van der Waals surface area contributed by atoms with Gasteiger partial charge in [0.2, 0.25) is 11.8 Å². The monoisotopic (exact) mass is 400 g/mol. The van der Waals surface area contributed by atoms with E-state index in [0.29, 0.717) is 11.3 Å². The number of fused-ring (bicyclic) bond motifs is 2. The molecule has 3 rings (SSSR count). The number of nitrogens with two attached hydrogens (primary N) is 1. The van der Waals surface area contributed by atoms with Crippen molar-refractivity contribution in [3.05, 3.63) is 52.6 Å². The number of carbonyl (C=O) groups excluding carboxylic acids is 3. The lowest BCUT2D eigenvalue weighted by Gasteiger charge is -2.36. The Labute approximate surface area is 168 Å². The number of anilines is 1. The Kier molecular flexibility index (Phi) is 4.69. The van der Waals surface area contributed by atoms with Gasteiger partial charge in [-0.2, -0.15) is 0 Å². The topological polar surface area (TPSA) is 108 Å². The summed E-state index contributed by atoms with van der Waals surface area (Å²) in [5, 5.41) is 0. The molecule has 0 aliphatic carbocycles. The maximum atomic E-state index is 13.7. The highest BCUT2D eigenvalue weighted by molar-refractivity contribution is 6.22. The van der Waals surface area contributed by atoms with E-state index in [1.54, 1.807) is 52.1 Å². The SMILES string of the molecule is COC(=O)C1=C(N)OC(C)=C(C(=O)OC(C)(C)C)C12C(=O)N(C)c1ccccc12. The van der Waals surface area contributed by atoms with Gasteiger partial charge in [0.25, 0.3) is 0 Å². The molecule has 0 bridgehead atoms. The number of rotatable bonds is 2. The Morgan fingerprint density at radius 2 is 1.76 bits per heavy atom. The van der Waals surface area contributed by atoms with Gasteiger partial charge in [0.05, 0.1) is 7.11 Å². The summed E-state index contributed by atoms with van der Waals surface area (Å²) in [4.78, 5) is 41.1. The van der Waals surface area contributed by atoms with Gasteiger partial charge in [-0.3, -0.25) is 4.79 Å². The Hall–Kier alpha value is -3.29. The van der Waals surface area contributed by atoms with E-state index in [1.165, 1.54) is 18.9 Å². The largest absolute Gasteiger partial charge is 0.465 e. The van der Waals surface area contributed by atoms with Crippen molar-refractivity contribution in [3.8, 4) is 0 Å². The van der Waals surface area contributed by atoms with Gasteiger partial charge in [-0.1, -0.05) is 18.2 Å². The van der Waals surface area contributed by atoms with Crippen LogP contribution in [0.25, 0.3) is 0 Å². The number of nitrogens with zero attached hydrogens (tertiary/aromatic N) is 1. The summed E-state index contributed by atoms with van der Waals surface area (Å²) in [6, 6.07) is 6.88. The average Bonchev–Trinajstić information content (AvgIpc) is 2.83. The summed E-state index contributed by atoms with van der Waals surface area (Å²) in [5.74, 6) is -2.37. The zero-order chi connectivity index (χ0) is 21.7. The van der Waals surface area contributed by atoms with Crippen LogP contribution >= 0.6 is 0 Å². The average molecular weight is 400 g/mol. The van der Waals surface area contributed by atoms with E-state index in [9.17, 15) is 14.4 Å². The van der Waals surface area contributed by atoms with Crippen LogP contribution < -0.4 is 10.6 Å². The number of allylic oxidation sites excluding steroid dienone is 1. The minimum Gasteiger partial charge on any atom is -0.465 e. The van der Waals surface area contributed by atoms with Crippen molar-refractivity contribution in [2.45, 2.75) is 38.7 Å². The summed E-state index contributed by atoms with van der Waals surface area (Å²) in [7, 11) is 2.74. The smallest absolute Gasteiger partial charge is 0.340 e. The Balaban J connectivity index is 2.41. The molecule has 1 amide bonds. The van der Waals surface area contributed by atoms with Gasteiger partial charge < -0.3 is 24.8 Å². The van der Waals surface area contributed by atoms with Crippen molar-refractivity contribution in [3.63, 3.8) is 0 Å². The Morgan fingerprint density at radius 1 is 1.14 bits per heavy atom. The molecule has 1 aromatic carbocycles. The lowest BCUT2D eigenvalue weighted by atomic mass is 9.67. The highest BCUT2D eigenvalue weighted by Gasteiger charge is 2.63. The van der Waals surface area contributed by atoms with E-state index in [2.05, 4.69) is 0 Å². The number of likely N-dealkylation sites (N-methyl/N-ethyl adjacent to an activating group) is 1. The number of carbonyl (C=O) groups is 3. The fourth-order valence-corrected chi connectivity index (χ4v) is 3.87. The van der Waals surface area contributed by atoms with Gasteiger partial charge in [-0.15, -0.1) is 0 Å². The van der Waals surface area contributed by atoms with E-state index in [4.69, 9.17) is 19.9 Å². The summed E-state index contributed by atoms with van der Waals surface area (Å²) in [5.41, 5.74) is 4.03. The molecule has 2 N–H and O–H groups in total. The molecule has 154 valence electrons. The zero-order valence-electron chi connectivity index (χ0n) is 17.3. The molecule has 2 heterocycles. The van der Waals surface area contributed by atoms with Crippen LogP contribution in [0.5, 0.6) is 0 Å². The highest BCUT2D eigenvalue weighted by atomic mass is 16.6. The van der Waals surface area contributed by atoms with Crippen LogP contribution in [0.3, 0.4) is 0 Å². The molecule has 0 saturated heterocycles. The van der Waals surface area contributed by atoms with Gasteiger partial charge in [-0.05, 0) is 33.8 Å². The predicted molar refractivity (Wildman–Crippen MR) is 104 cm³/mol. The number of esters is 2. The Morgan fingerprint density at radius 3 is 2.34 bits per heavy atom. The first kappa shape index (κ1) is 20.4. The van der Waals surface area contributed by atoms with Crippen molar-refractivity contribution in [1.29, 1.82) is 0 Å². The molecule has 29 heavy (non-hydrogen) atoms. The van der Waals surface area contributed by atoms with Gasteiger partial charge >= 0.3 is 11.9 Å². The lowest BCUT2D eigenvalue weighted by molar-refractivity contribution is -0.152. The summed E-state index contributed by atoms with van der Waals surface area (Å²) in [6.45, 7) is 6.63. The molecule has 1 spiro atoms. The minimum atomic E-state index is -1.83. The van der Waals surface area contributed by atoms with Crippen molar-refractivity contribution >= 4 is 23.5 Å². The van der Waals surface area contributed by atoms with Gasteiger partial charge in [-0.25, -0.2) is 9.59 Å². The number of benzene rings is 1. The van der Waals surface area contributed by atoms with Crippen LogP contribution in [0.2, 0.25) is 0 Å². The predicted octanol–water partition coefficient (Wildman–Crippen LogP) is 1.89. The van der Waals surface area contributed by atoms with E-state index >= 15 is 0 Å². The van der Waals surface area contributed by atoms with Gasteiger partial charge in [0.15, 0.2) is 0 Å². The van der Waals surface area contributed by atoms with Crippen molar-refractivity contribution < 1.29 is 28.6 Å². The van der Waals surface area contributed by atoms with E-state index in [0.717, 1.165) is 0 Å². The van der Waals surface area contributed by atoms with Crippen LogP contribution in [0.15, 0.2) is 47.1 Å². The molecule has 2 aliphatic rings. The fourth-order valence-electron chi connectivity index (χ4n) is 3.87. The first-order chi connectivity index (χ1) is 13.5. The summed E-state index contributed by atoms with van der Waals surface area (Å²) >= 11 is 0. The molecular weight excluding hydrogens is 376 g/mol. The molecule has 8 heteroatoms. The maximum Gasteiger partial charge on any atom is 0.340 e. The summed E-state index contributed by atoms with van der Waals surface area (Å²) in [6.07, 6.45) is 0. The molecule has 0 saturated carbocycles. The van der Waals surface area contributed by atoms with E-state index in [1.807, 2.05) is 0 Å². The van der Waals surface area contributed by atoms with Crippen molar-refractivity contribution in [1.82, 2.24) is 0 Å². The van der Waals surface area contributed by atoms with Crippen LogP contribution in [0.1, 0.15) is 33.3 Å². The number of ether oxygens (including phenoxy) is 3.